The van der Waals surface area contributed by atoms with Crippen LogP contribution in [0.4, 0.5) is 11.4 Å². The summed E-state index contributed by atoms with van der Waals surface area (Å²) >= 11 is 3.13. The Bertz CT molecular complexity index is 1690. The van der Waals surface area contributed by atoms with Gasteiger partial charge in [-0.25, -0.2) is 21.6 Å². The van der Waals surface area contributed by atoms with E-state index in [0.29, 0.717) is 15.7 Å². The van der Waals surface area contributed by atoms with Crippen LogP contribution in [0.3, 0.4) is 0 Å². The predicted octanol–water partition coefficient (Wildman–Crippen LogP) is 7.87. The average molecular weight is 710 g/mol. The number of halogens is 2. The molecule has 12 heteroatoms. The van der Waals surface area contributed by atoms with E-state index in [4.69, 9.17) is 21.5 Å². The number of aryl methyl sites for hydroxylation is 2. The maximum Gasteiger partial charge on any atom is 0.328 e. The first-order chi connectivity index (χ1) is 20.2. The Morgan fingerprint density at radius 2 is 1.33 bits per heavy atom. The number of carboxylic acid groups (broad SMARTS) is 1. The lowest BCUT2D eigenvalue weighted by Gasteiger charge is -2.09. The Kier molecular flexibility index (Phi) is 15.8. The van der Waals surface area contributed by atoms with Crippen LogP contribution in [0.25, 0.3) is 6.08 Å². The van der Waals surface area contributed by atoms with Crippen LogP contribution >= 0.6 is 26.6 Å². The van der Waals surface area contributed by atoms with Gasteiger partial charge in [0.2, 0.25) is 0 Å². The van der Waals surface area contributed by atoms with Gasteiger partial charge in [0.1, 0.15) is 0 Å². The van der Waals surface area contributed by atoms with Crippen LogP contribution in [-0.2, 0) is 23.9 Å². The quantitative estimate of drug-likeness (QED) is 0.105. The first-order valence-corrected chi connectivity index (χ1v) is 17.4. The van der Waals surface area contributed by atoms with E-state index in [2.05, 4.69) is 20.7 Å². The summed E-state index contributed by atoms with van der Waals surface area (Å²) in [6.45, 7) is 7.95. The van der Waals surface area contributed by atoms with Gasteiger partial charge >= 0.3 is 5.97 Å². The van der Waals surface area contributed by atoms with Gasteiger partial charge in [-0.2, -0.15) is 0 Å². The van der Waals surface area contributed by atoms with Crippen LogP contribution in [0.1, 0.15) is 30.5 Å². The van der Waals surface area contributed by atoms with E-state index < -0.39 is 25.0 Å². The predicted molar refractivity (Wildman–Crippen MR) is 179 cm³/mol. The van der Waals surface area contributed by atoms with Crippen molar-refractivity contribution in [3.05, 3.63) is 124 Å². The molecule has 0 aromatic heterocycles. The standard InChI is InChI=1S/C16H15NO4S.C7H9N.C6H4BrClO2S.C2H6/c1-12-5-8-14(9-6-12)17-22(20,21)15-4-2-3-13(11-15)7-10-16(18)19;1-6-2-4-7(8)5-3-6;7-5-2-1-3-6(4-5)11(8,9)10;1-2/h2-11,17H,1H3,(H,18,19);2-5H,8H2,1H3;1-4H;1-2H3/b10-7+;;;. The number of hydrogen-bond acceptors (Lipinski definition) is 6. The molecule has 43 heavy (non-hydrogen) atoms. The van der Waals surface area contributed by atoms with E-state index in [0.717, 1.165) is 17.3 Å². The number of aliphatic carboxylic acids is 1. The topological polar surface area (TPSA) is 144 Å². The minimum atomic E-state index is -3.72. The third kappa shape index (κ3) is 14.9. The minimum Gasteiger partial charge on any atom is -0.478 e. The fraction of sp³-hybridized carbons (Fsp3) is 0.129. The molecule has 4 aromatic carbocycles. The number of nitrogens with one attached hydrogen (secondary N) is 1. The van der Waals surface area contributed by atoms with Crippen LogP contribution in [0.15, 0.2) is 117 Å². The van der Waals surface area contributed by atoms with Crippen molar-refractivity contribution >= 4 is 69.1 Å². The van der Waals surface area contributed by atoms with Crippen molar-refractivity contribution in [1.82, 2.24) is 0 Å². The molecule has 0 heterocycles. The molecule has 0 aliphatic rings. The average Bonchev–Trinajstić information content (AvgIpc) is 2.96. The monoisotopic (exact) mass is 708 g/mol. The molecule has 0 aliphatic carbocycles. The van der Waals surface area contributed by atoms with Crippen LogP contribution < -0.4 is 10.5 Å². The molecule has 4 rings (SSSR count). The Hall–Kier alpha value is -3.64. The second-order valence-electron chi connectivity index (χ2n) is 8.52. The Labute approximate surface area is 266 Å². The Morgan fingerprint density at radius 1 is 0.814 bits per heavy atom. The molecule has 0 fully saturated rings. The number of benzene rings is 4. The van der Waals surface area contributed by atoms with Gasteiger partial charge in [0.15, 0.2) is 0 Å². The summed E-state index contributed by atoms with van der Waals surface area (Å²) < 4.78 is 49.3. The highest BCUT2D eigenvalue weighted by Crippen LogP contribution is 2.19. The van der Waals surface area contributed by atoms with Crippen LogP contribution in [0, 0.1) is 13.8 Å². The van der Waals surface area contributed by atoms with E-state index in [-0.39, 0.29) is 9.79 Å². The summed E-state index contributed by atoms with van der Waals surface area (Å²) in [5.74, 6) is -1.09. The van der Waals surface area contributed by atoms with E-state index in [1.54, 1.807) is 36.4 Å². The maximum absolute atomic E-state index is 12.3. The molecular formula is C31H34BrClN2O6S2. The SMILES string of the molecule is CC.Cc1ccc(N)cc1.Cc1ccc(NS(=O)(=O)c2cccc(/C=C/C(=O)O)c2)cc1.O=S(=O)(Cl)c1cccc(Br)c1. The summed E-state index contributed by atoms with van der Waals surface area (Å²) in [4.78, 5) is 10.7. The minimum absolute atomic E-state index is 0.0700. The van der Waals surface area contributed by atoms with E-state index in [1.165, 1.54) is 35.9 Å². The summed E-state index contributed by atoms with van der Waals surface area (Å²) in [6, 6.07) is 27.0. The molecule has 230 valence electrons. The maximum atomic E-state index is 12.3. The molecule has 4 N–H and O–H groups in total. The van der Waals surface area contributed by atoms with Gasteiger partial charge in [0.25, 0.3) is 19.1 Å². The third-order valence-corrected chi connectivity index (χ3v) is 8.27. The molecule has 0 amide bonds. The smallest absolute Gasteiger partial charge is 0.328 e. The second kappa shape index (κ2) is 18.1. The normalized spacial score (nSPS) is 10.7. The van der Waals surface area contributed by atoms with Crippen molar-refractivity contribution in [1.29, 1.82) is 0 Å². The summed E-state index contributed by atoms with van der Waals surface area (Å²) in [5.41, 5.74) is 9.50. The van der Waals surface area contributed by atoms with Gasteiger partial charge in [0, 0.05) is 32.6 Å². The van der Waals surface area contributed by atoms with E-state index >= 15 is 0 Å². The number of carbonyl (C=O) groups is 1. The molecule has 0 unspecified atom stereocenters. The van der Waals surface area contributed by atoms with Crippen molar-refractivity contribution in [2.75, 3.05) is 10.5 Å². The first-order valence-electron chi connectivity index (χ1n) is 12.8. The summed E-state index contributed by atoms with van der Waals surface area (Å²) in [7, 11) is -2.22. The Morgan fingerprint density at radius 3 is 1.79 bits per heavy atom. The molecule has 0 aliphatic heterocycles. The van der Waals surface area contributed by atoms with Crippen molar-refractivity contribution in [3.63, 3.8) is 0 Å². The van der Waals surface area contributed by atoms with E-state index in [9.17, 15) is 21.6 Å². The number of hydrogen-bond donors (Lipinski definition) is 3. The number of sulfonamides is 1. The molecule has 0 radical (unpaired) electrons. The zero-order chi connectivity index (χ0) is 32.6. The summed E-state index contributed by atoms with van der Waals surface area (Å²) in [5, 5.41) is 8.60. The highest BCUT2D eigenvalue weighted by Gasteiger charge is 2.14. The highest BCUT2D eigenvalue weighted by atomic mass is 79.9. The zero-order valence-corrected chi connectivity index (χ0v) is 28.0. The zero-order valence-electron chi connectivity index (χ0n) is 24.0. The van der Waals surface area contributed by atoms with Crippen molar-refractivity contribution in [2.45, 2.75) is 37.5 Å². The van der Waals surface area contributed by atoms with Gasteiger partial charge in [-0.1, -0.05) is 83.4 Å². The molecule has 8 nitrogen and oxygen atoms in total. The van der Waals surface area contributed by atoms with Crippen LogP contribution in [0.2, 0.25) is 0 Å². The van der Waals surface area contributed by atoms with E-state index in [1.807, 2.05) is 64.1 Å². The van der Waals surface area contributed by atoms with Crippen molar-refractivity contribution < 1.29 is 26.7 Å². The third-order valence-electron chi connectivity index (χ3n) is 5.05. The van der Waals surface area contributed by atoms with Gasteiger partial charge < -0.3 is 10.8 Å². The van der Waals surface area contributed by atoms with Gasteiger partial charge in [-0.3, -0.25) is 4.72 Å². The van der Waals surface area contributed by atoms with Gasteiger partial charge in [-0.05, 0) is 80.1 Å². The number of anilines is 2. The van der Waals surface area contributed by atoms with Gasteiger partial charge in [-0.15, -0.1) is 0 Å². The fourth-order valence-corrected chi connectivity index (χ4v) is 5.43. The molecule has 0 spiro atoms. The molecule has 0 atom stereocenters. The lowest BCUT2D eigenvalue weighted by atomic mass is 10.2. The summed E-state index contributed by atoms with van der Waals surface area (Å²) in [6.07, 6.45) is 2.30. The Balaban J connectivity index is 0.000000364. The lowest BCUT2D eigenvalue weighted by Crippen LogP contribution is -2.12. The molecule has 0 saturated heterocycles. The first kappa shape index (κ1) is 37.4. The highest BCUT2D eigenvalue weighted by molar-refractivity contribution is 9.10. The number of nitrogens with two attached hydrogens (primary N) is 1. The van der Waals surface area contributed by atoms with Gasteiger partial charge in [0.05, 0.1) is 9.79 Å². The van der Waals surface area contributed by atoms with Crippen molar-refractivity contribution in [2.24, 2.45) is 0 Å². The van der Waals surface area contributed by atoms with Crippen LogP contribution in [-0.4, -0.2) is 27.9 Å². The largest absolute Gasteiger partial charge is 0.478 e. The number of nitrogen functional groups attached to an aromatic ring is 1. The lowest BCUT2D eigenvalue weighted by molar-refractivity contribution is -0.131. The van der Waals surface area contributed by atoms with Crippen LogP contribution in [0.5, 0.6) is 0 Å². The molecule has 0 saturated carbocycles. The molecule has 0 bridgehead atoms. The molecule has 4 aromatic rings. The van der Waals surface area contributed by atoms with Crippen molar-refractivity contribution in [3.8, 4) is 0 Å². The molecular weight excluding hydrogens is 676 g/mol. The number of carboxylic acids is 1. The second-order valence-corrected chi connectivity index (χ2v) is 13.7. The fourth-order valence-electron chi connectivity index (χ4n) is 2.97. The number of rotatable bonds is 6.